The number of amides is 1. The number of benzene rings is 1. The number of methoxy groups -OCH3 is 1. The number of ether oxygens (including phenoxy) is 1. The Labute approximate surface area is 130 Å². The highest BCUT2D eigenvalue weighted by molar-refractivity contribution is 6.00. The first kappa shape index (κ1) is 15.8. The molecule has 8 nitrogen and oxygen atoms in total. The van der Waals surface area contributed by atoms with Gasteiger partial charge < -0.3 is 14.9 Å². The van der Waals surface area contributed by atoms with Crippen LogP contribution in [-0.4, -0.2) is 17.9 Å². The van der Waals surface area contributed by atoms with Crippen molar-refractivity contribution in [1.29, 1.82) is 5.26 Å². The number of nitro groups is 1. The van der Waals surface area contributed by atoms with E-state index >= 15 is 0 Å². The Hall–Kier alpha value is -3.60. The maximum Gasteiger partial charge on any atom is 0.284 e. The van der Waals surface area contributed by atoms with Crippen LogP contribution in [0.15, 0.2) is 40.3 Å². The van der Waals surface area contributed by atoms with Crippen LogP contribution >= 0.6 is 0 Å². The Bertz CT molecular complexity index is 845. The minimum atomic E-state index is -0.888. The van der Waals surface area contributed by atoms with Crippen molar-refractivity contribution >= 4 is 17.7 Å². The number of nitriles is 1. The average molecular weight is 313 g/mol. The second-order valence-corrected chi connectivity index (χ2v) is 4.38. The summed E-state index contributed by atoms with van der Waals surface area (Å²) in [5.41, 5.74) is 4.81. The molecular formula is C15H11N3O5. The van der Waals surface area contributed by atoms with Crippen LogP contribution in [0, 0.1) is 21.4 Å². The predicted octanol–water partition coefficient (Wildman–Crippen LogP) is 2.26. The SMILES string of the molecule is COc1ccc(-c2ccc(/C=C(\C#N)C(N)=O)o2)c([N+](=O)[O-])c1. The molecule has 0 aliphatic carbocycles. The predicted molar refractivity (Wildman–Crippen MR) is 80.1 cm³/mol. The summed E-state index contributed by atoms with van der Waals surface area (Å²) in [6.07, 6.45) is 1.17. The van der Waals surface area contributed by atoms with Gasteiger partial charge in [-0.15, -0.1) is 0 Å². The molecule has 1 aromatic heterocycles. The Balaban J connectivity index is 2.48. The number of rotatable bonds is 5. The molecule has 2 aromatic rings. The van der Waals surface area contributed by atoms with Crippen LogP contribution in [0.4, 0.5) is 5.69 Å². The molecular weight excluding hydrogens is 302 g/mol. The molecule has 0 bridgehead atoms. The van der Waals surface area contributed by atoms with Crippen LogP contribution in [0.25, 0.3) is 17.4 Å². The van der Waals surface area contributed by atoms with Gasteiger partial charge in [-0.25, -0.2) is 0 Å². The van der Waals surface area contributed by atoms with Gasteiger partial charge in [0.25, 0.3) is 11.6 Å². The van der Waals surface area contributed by atoms with E-state index in [2.05, 4.69) is 0 Å². The quantitative estimate of drug-likeness (QED) is 0.389. The van der Waals surface area contributed by atoms with Crippen LogP contribution in [-0.2, 0) is 4.79 Å². The fourth-order valence-corrected chi connectivity index (χ4v) is 1.87. The van der Waals surface area contributed by atoms with E-state index in [1.54, 1.807) is 12.1 Å². The molecule has 0 aliphatic rings. The van der Waals surface area contributed by atoms with Gasteiger partial charge in [0.1, 0.15) is 28.9 Å². The number of carbonyl (C=O) groups excluding carboxylic acids is 1. The monoisotopic (exact) mass is 313 g/mol. The van der Waals surface area contributed by atoms with Crippen LogP contribution in [0.2, 0.25) is 0 Å². The first-order valence-electron chi connectivity index (χ1n) is 6.30. The summed E-state index contributed by atoms with van der Waals surface area (Å²) >= 11 is 0. The molecule has 0 unspecified atom stereocenters. The van der Waals surface area contributed by atoms with Gasteiger partial charge in [-0.1, -0.05) is 0 Å². The first-order chi connectivity index (χ1) is 11.0. The third kappa shape index (κ3) is 3.36. The Kier molecular flexibility index (Phi) is 4.42. The average Bonchev–Trinajstić information content (AvgIpc) is 3.00. The molecule has 1 aromatic carbocycles. The van der Waals surface area contributed by atoms with E-state index < -0.39 is 10.8 Å². The summed E-state index contributed by atoms with van der Waals surface area (Å²) in [6, 6.07) is 8.94. The molecule has 0 spiro atoms. The Morgan fingerprint density at radius 2 is 2.17 bits per heavy atom. The van der Waals surface area contributed by atoms with Gasteiger partial charge >= 0.3 is 0 Å². The van der Waals surface area contributed by atoms with Crippen molar-refractivity contribution in [3.05, 3.63) is 51.8 Å². The molecule has 1 heterocycles. The third-order valence-electron chi connectivity index (χ3n) is 2.97. The highest BCUT2D eigenvalue weighted by Gasteiger charge is 2.19. The van der Waals surface area contributed by atoms with Crippen molar-refractivity contribution in [1.82, 2.24) is 0 Å². The maximum atomic E-state index is 11.2. The number of primary amides is 1. The molecule has 2 N–H and O–H groups in total. The fourth-order valence-electron chi connectivity index (χ4n) is 1.87. The van der Waals surface area contributed by atoms with Gasteiger partial charge in [-0.05, 0) is 24.3 Å². The number of nitro benzene ring substituents is 1. The number of hydrogen-bond acceptors (Lipinski definition) is 6. The second-order valence-electron chi connectivity index (χ2n) is 4.38. The smallest absolute Gasteiger partial charge is 0.284 e. The Morgan fingerprint density at radius 3 is 2.74 bits per heavy atom. The van der Waals surface area contributed by atoms with Gasteiger partial charge in [0.05, 0.1) is 23.7 Å². The third-order valence-corrected chi connectivity index (χ3v) is 2.97. The fraction of sp³-hybridized carbons (Fsp3) is 0.0667. The van der Waals surface area contributed by atoms with E-state index in [1.807, 2.05) is 0 Å². The van der Waals surface area contributed by atoms with Crippen molar-refractivity contribution in [3.63, 3.8) is 0 Å². The highest BCUT2D eigenvalue weighted by atomic mass is 16.6. The van der Waals surface area contributed by atoms with Gasteiger partial charge in [-0.3, -0.25) is 14.9 Å². The van der Waals surface area contributed by atoms with Crippen molar-refractivity contribution in [2.75, 3.05) is 7.11 Å². The van der Waals surface area contributed by atoms with E-state index in [4.69, 9.17) is 20.1 Å². The van der Waals surface area contributed by atoms with Gasteiger partial charge in [0.2, 0.25) is 0 Å². The molecule has 0 atom stereocenters. The molecule has 0 saturated carbocycles. The summed E-state index contributed by atoms with van der Waals surface area (Å²) in [4.78, 5) is 21.6. The lowest BCUT2D eigenvalue weighted by molar-refractivity contribution is -0.384. The lowest BCUT2D eigenvalue weighted by Gasteiger charge is -2.03. The van der Waals surface area contributed by atoms with Gasteiger partial charge in [-0.2, -0.15) is 5.26 Å². The van der Waals surface area contributed by atoms with Crippen molar-refractivity contribution in [3.8, 4) is 23.1 Å². The van der Waals surface area contributed by atoms with Gasteiger partial charge in [0.15, 0.2) is 0 Å². The number of furan rings is 1. The van der Waals surface area contributed by atoms with Gasteiger partial charge in [0, 0.05) is 6.08 Å². The summed E-state index contributed by atoms with van der Waals surface area (Å²) in [5.74, 6) is -0.152. The summed E-state index contributed by atoms with van der Waals surface area (Å²) in [7, 11) is 1.40. The zero-order valence-corrected chi connectivity index (χ0v) is 12.0. The summed E-state index contributed by atoms with van der Waals surface area (Å²) in [5, 5.41) is 20.0. The van der Waals surface area contributed by atoms with E-state index in [1.165, 1.54) is 37.5 Å². The zero-order chi connectivity index (χ0) is 17.0. The summed E-state index contributed by atoms with van der Waals surface area (Å²) in [6.45, 7) is 0. The van der Waals surface area contributed by atoms with Crippen LogP contribution in [0.3, 0.4) is 0 Å². The molecule has 0 aliphatic heterocycles. The number of nitrogens with two attached hydrogens (primary N) is 1. The van der Waals surface area contributed by atoms with E-state index in [0.717, 1.165) is 0 Å². The van der Waals surface area contributed by atoms with E-state index in [-0.39, 0.29) is 28.3 Å². The van der Waals surface area contributed by atoms with Crippen molar-refractivity contribution in [2.24, 2.45) is 5.73 Å². The first-order valence-corrected chi connectivity index (χ1v) is 6.30. The molecule has 1 amide bonds. The molecule has 8 heteroatoms. The molecule has 0 saturated heterocycles. The minimum absolute atomic E-state index is 0.181. The lowest BCUT2D eigenvalue weighted by atomic mass is 10.1. The molecule has 0 radical (unpaired) electrons. The Morgan fingerprint density at radius 1 is 1.43 bits per heavy atom. The zero-order valence-electron chi connectivity index (χ0n) is 12.0. The standard InChI is InChI=1S/C15H11N3O5/c1-22-10-2-4-12(13(7-10)18(20)21)14-5-3-11(23-14)6-9(8-16)15(17)19/h2-7H,1H3,(H2,17,19)/b9-6+. The topological polar surface area (TPSA) is 132 Å². The second kappa shape index (κ2) is 6.44. The lowest BCUT2D eigenvalue weighted by Crippen LogP contribution is -2.12. The normalized spacial score (nSPS) is 10.9. The van der Waals surface area contributed by atoms with Crippen LogP contribution < -0.4 is 10.5 Å². The molecule has 116 valence electrons. The number of nitrogens with zero attached hydrogens (tertiary/aromatic N) is 2. The number of hydrogen-bond donors (Lipinski definition) is 1. The summed E-state index contributed by atoms with van der Waals surface area (Å²) < 4.78 is 10.4. The maximum absolute atomic E-state index is 11.2. The van der Waals surface area contributed by atoms with Crippen molar-refractivity contribution < 1.29 is 18.9 Å². The molecule has 2 rings (SSSR count). The van der Waals surface area contributed by atoms with E-state index in [9.17, 15) is 14.9 Å². The van der Waals surface area contributed by atoms with Crippen molar-refractivity contribution in [2.45, 2.75) is 0 Å². The van der Waals surface area contributed by atoms with Crippen LogP contribution in [0.1, 0.15) is 5.76 Å². The number of carbonyl (C=O) groups is 1. The molecule has 0 fully saturated rings. The van der Waals surface area contributed by atoms with Crippen LogP contribution in [0.5, 0.6) is 5.75 Å². The largest absolute Gasteiger partial charge is 0.497 e. The van der Waals surface area contributed by atoms with E-state index in [0.29, 0.717) is 5.75 Å². The highest BCUT2D eigenvalue weighted by Crippen LogP contribution is 2.34. The minimum Gasteiger partial charge on any atom is -0.497 e. The molecule has 23 heavy (non-hydrogen) atoms.